The van der Waals surface area contributed by atoms with Crippen molar-refractivity contribution in [3.63, 3.8) is 0 Å². The van der Waals surface area contributed by atoms with Crippen molar-refractivity contribution >= 4 is 46.0 Å². The Labute approximate surface area is 208 Å². The summed E-state index contributed by atoms with van der Waals surface area (Å²) in [5.41, 5.74) is 0.423. The number of amides is 2. The summed E-state index contributed by atoms with van der Waals surface area (Å²) in [5.74, 6) is -2.08. The first-order valence-electron chi connectivity index (χ1n) is 10.6. The van der Waals surface area contributed by atoms with Crippen molar-refractivity contribution in [1.82, 2.24) is 20.6 Å². The zero-order chi connectivity index (χ0) is 26.5. The Morgan fingerprint density at radius 2 is 1.32 bits per heavy atom. The van der Waals surface area contributed by atoms with Crippen molar-refractivity contribution in [1.29, 1.82) is 0 Å². The van der Waals surface area contributed by atoms with Crippen LogP contribution in [0.15, 0.2) is 77.8 Å². The maximum absolute atomic E-state index is 12.9. The molecule has 0 unspecified atom stereocenters. The monoisotopic (exact) mass is 499 g/mol. The Bertz CT molecular complexity index is 1530. The number of fused-ring (bicyclic) bond motifs is 1. The summed E-state index contributed by atoms with van der Waals surface area (Å²) < 4.78 is 0. The minimum Gasteiger partial charge on any atom is -0.292 e. The maximum atomic E-state index is 12.9. The lowest BCUT2D eigenvalue weighted by molar-refractivity contribution is -0.385. The van der Waals surface area contributed by atoms with E-state index < -0.39 is 21.7 Å². The molecule has 13 heteroatoms. The van der Waals surface area contributed by atoms with Gasteiger partial charge in [0.1, 0.15) is 0 Å². The largest absolute Gasteiger partial charge is 0.292 e. The number of para-hydroxylation sites is 1. The van der Waals surface area contributed by atoms with E-state index in [0.29, 0.717) is 11.2 Å². The van der Waals surface area contributed by atoms with Crippen molar-refractivity contribution in [3.8, 4) is 0 Å². The number of nitrogens with zero attached hydrogens (tertiary/aromatic N) is 5. The molecule has 2 amide bonds. The molecule has 37 heavy (non-hydrogen) atoms. The number of nitro benzene ring substituents is 2. The van der Waals surface area contributed by atoms with Gasteiger partial charge in [0.25, 0.3) is 29.1 Å². The molecule has 0 spiro atoms. The second-order valence-corrected chi connectivity index (χ2v) is 7.61. The number of guanidine groups is 1. The van der Waals surface area contributed by atoms with Crippen molar-refractivity contribution in [2.24, 2.45) is 4.99 Å². The topological polar surface area (TPSA) is 183 Å². The molecule has 3 aromatic carbocycles. The number of carbonyl (C=O) groups is 2. The van der Waals surface area contributed by atoms with Gasteiger partial charge in [-0.2, -0.15) is 4.99 Å². The molecule has 0 radical (unpaired) electrons. The molecule has 0 fully saturated rings. The van der Waals surface area contributed by atoms with Gasteiger partial charge >= 0.3 is 0 Å². The molecule has 1 aromatic heterocycles. The summed E-state index contributed by atoms with van der Waals surface area (Å²) in [4.78, 5) is 59.4. The Morgan fingerprint density at radius 3 is 1.86 bits per heavy atom. The predicted molar refractivity (Wildman–Crippen MR) is 132 cm³/mol. The van der Waals surface area contributed by atoms with Gasteiger partial charge < -0.3 is 0 Å². The summed E-state index contributed by atoms with van der Waals surface area (Å²) in [7, 11) is 0. The number of hydrogen-bond donors (Lipinski definition) is 2. The standard InChI is InChI=1S/C24H17N7O6/c1-14-19-10-2-3-11-20(19)26-23(25-14)29-24(27-21(32)15-6-4-8-17(12-15)30(34)35)28-22(33)16-7-5-9-18(13-16)31(36)37/h2-13H,1H3,(H2,25,26,27,28,29,32,33). The van der Waals surface area contributed by atoms with Crippen LogP contribution in [0.1, 0.15) is 26.4 Å². The van der Waals surface area contributed by atoms with E-state index in [1.807, 2.05) is 12.1 Å². The molecule has 2 N–H and O–H groups in total. The highest BCUT2D eigenvalue weighted by atomic mass is 16.6. The molecule has 0 saturated carbocycles. The van der Waals surface area contributed by atoms with Crippen LogP contribution in [-0.4, -0.2) is 37.6 Å². The summed E-state index contributed by atoms with van der Waals surface area (Å²) in [5, 5.41) is 27.7. The molecular formula is C24H17N7O6. The summed E-state index contributed by atoms with van der Waals surface area (Å²) in [6.45, 7) is 1.74. The van der Waals surface area contributed by atoms with Crippen LogP contribution < -0.4 is 10.6 Å². The summed E-state index contributed by atoms with van der Waals surface area (Å²) >= 11 is 0. The molecule has 4 rings (SSSR count). The molecule has 0 aliphatic heterocycles. The Kier molecular flexibility index (Phi) is 6.86. The zero-order valence-electron chi connectivity index (χ0n) is 19.1. The van der Waals surface area contributed by atoms with Crippen LogP contribution in [0.2, 0.25) is 0 Å². The van der Waals surface area contributed by atoms with Crippen LogP contribution in [0.25, 0.3) is 10.9 Å². The third kappa shape index (κ3) is 5.74. The molecule has 0 aliphatic carbocycles. The van der Waals surface area contributed by atoms with Gasteiger partial charge in [-0.25, -0.2) is 9.97 Å². The van der Waals surface area contributed by atoms with Gasteiger partial charge in [0.05, 0.1) is 21.1 Å². The maximum Gasteiger partial charge on any atom is 0.270 e. The van der Waals surface area contributed by atoms with Crippen LogP contribution in [0.3, 0.4) is 0 Å². The number of carbonyl (C=O) groups excluding carboxylic acids is 2. The number of rotatable bonds is 5. The lowest BCUT2D eigenvalue weighted by Crippen LogP contribution is -2.43. The van der Waals surface area contributed by atoms with Crippen LogP contribution in [-0.2, 0) is 0 Å². The Balaban J connectivity index is 1.71. The molecular weight excluding hydrogens is 482 g/mol. The Morgan fingerprint density at radius 1 is 0.784 bits per heavy atom. The van der Waals surface area contributed by atoms with Crippen molar-refractivity contribution in [2.75, 3.05) is 0 Å². The Hall–Kier alpha value is -5.59. The average Bonchev–Trinajstić information content (AvgIpc) is 2.88. The van der Waals surface area contributed by atoms with Crippen molar-refractivity contribution < 1.29 is 19.4 Å². The second-order valence-electron chi connectivity index (χ2n) is 7.61. The SMILES string of the molecule is Cc1nc(N=C(NC(=O)c2cccc([N+](=O)[O-])c2)NC(=O)c2cccc([N+](=O)[O-])c2)nc2ccccc12. The highest BCUT2D eigenvalue weighted by molar-refractivity contribution is 6.13. The van der Waals surface area contributed by atoms with Gasteiger partial charge in [0, 0.05) is 40.8 Å². The normalized spacial score (nSPS) is 10.4. The van der Waals surface area contributed by atoms with Crippen LogP contribution in [0.5, 0.6) is 0 Å². The van der Waals surface area contributed by atoms with Gasteiger partial charge in [-0.05, 0) is 25.1 Å². The van der Waals surface area contributed by atoms with Crippen LogP contribution >= 0.6 is 0 Å². The zero-order valence-corrected chi connectivity index (χ0v) is 19.1. The van der Waals surface area contributed by atoms with Gasteiger partial charge in [-0.15, -0.1) is 0 Å². The number of nitrogens with one attached hydrogen (secondary N) is 2. The fourth-order valence-electron chi connectivity index (χ4n) is 3.34. The van der Waals surface area contributed by atoms with E-state index in [0.717, 1.165) is 17.5 Å². The van der Waals surface area contributed by atoms with Gasteiger partial charge in [-0.3, -0.25) is 40.5 Å². The lowest BCUT2D eigenvalue weighted by atomic mass is 10.2. The number of non-ortho nitro benzene ring substituents is 2. The van der Waals surface area contributed by atoms with E-state index in [1.54, 1.807) is 19.1 Å². The quantitative estimate of drug-likeness (QED) is 0.181. The van der Waals surface area contributed by atoms with Gasteiger partial charge in [-0.1, -0.05) is 30.3 Å². The first kappa shape index (κ1) is 24.5. The van der Waals surface area contributed by atoms with Crippen molar-refractivity contribution in [2.45, 2.75) is 6.92 Å². The third-order valence-electron chi connectivity index (χ3n) is 5.10. The molecule has 4 aromatic rings. The fraction of sp³-hybridized carbons (Fsp3) is 0.0417. The van der Waals surface area contributed by atoms with E-state index in [2.05, 4.69) is 25.6 Å². The molecule has 13 nitrogen and oxygen atoms in total. The van der Waals surface area contributed by atoms with E-state index in [1.165, 1.54) is 36.4 Å². The third-order valence-corrected chi connectivity index (χ3v) is 5.10. The first-order chi connectivity index (χ1) is 17.7. The number of aliphatic imine (C=N–C) groups is 1. The van der Waals surface area contributed by atoms with Crippen LogP contribution in [0.4, 0.5) is 17.3 Å². The van der Waals surface area contributed by atoms with Gasteiger partial charge in [0.2, 0.25) is 5.96 Å². The fourth-order valence-corrected chi connectivity index (χ4v) is 3.34. The van der Waals surface area contributed by atoms with Crippen molar-refractivity contribution in [3.05, 3.63) is 110 Å². The molecule has 0 saturated heterocycles. The summed E-state index contributed by atoms with van der Waals surface area (Å²) in [6.07, 6.45) is 0. The predicted octanol–water partition coefficient (Wildman–Crippen LogP) is 3.60. The molecule has 0 aliphatic rings. The number of aromatic nitrogens is 2. The van der Waals surface area contributed by atoms with E-state index in [-0.39, 0.29) is 34.4 Å². The number of benzene rings is 3. The molecule has 1 heterocycles. The molecule has 0 bridgehead atoms. The smallest absolute Gasteiger partial charge is 0.270 e. The van der Waals surface area contributed by atoms with Gasteiger partial charge in [0.15, 0.2) is 0 Å². The number of nitro groups is 2. The van der Waals surface area contributed by atoms with E-state index >= 15 is 0 Å². The first-order valence-corrected chi connectivity index (χ1v) is 10.6. The lowest BCUT2D eigenvalue weighted by Gasteiger charge is -2.11. The minimum atomic E-state index is -0.806. The highest BCUT2D eigenvalue weighted by Gasteiger charge is 2.18. The van der Waals surface area contributed by atoms with E-state index in [9.17, 15) is 29.8 Å². The number of hydrogen-bond acceptors (Lipinski definition) is 9. The minimum absolute atomic E-state index is 0.0675. The van der Waals surface area contributed by atoms with E-state index in [4.69, 9.17) is 0 Å². The highest BCUT2D eigenvalue weighted by Crippen LogP contribution is 2.18. The number of aryl methyl sites for hydroxylation is 1. The second kappa shape index (κ2) is 10.4. The molecule has 184 valence electrons. The summed E-state index contributed by atoms with van der Waals surface area (Å²) in [6, 6.07) is 17.1. The molecule has 0 atom stereocenters. The van der Waals surface area contributed by atoms with Crippen LogP contribution in [0, 0.1) is 27.2 Å². The average molecular weight is 499 g/mol.